The molecule has 6 N–H and O–H groups in total. The summed E-state index contributed by atoms with van der Waals surface area (Å²) < 4.78 is 45.6. The number of aryl methyl sites for hydroxylation is 1. The van der Waals surface area contributed by atoms with E-state index in [1.54, 1.807) is 55.1 Å². The van der Waals surface area contributed by atoms with Gasteiger partial charge in [-0.15, -0.1) is 0 Å². The number of imidazole rings is 1. The minimum absolute atomic E-state index is 0.0144. The number of nitrogens with one attached hydrogen (secondary N) is 4. The number of unbranched alkanes of at least 4 members (excludes halogenated alkanes) is 2. The molecule has 4 aromatic rings. The van der Waals surface area contributed by atoms with Gasteiger partial charge in [-0.3, -0.25) is 33.7 Å². The van der Waals surface area contributed by atoms with Crippen LogP contribution in [0.3, 0.4) is 0 Å². The topological polar surface area (TPSA) is 257 Å². The molecule has 2 saturated heterocycles. The highest BCUT2D eigenvalue weighted by Gasteiger charge is 2.43. The number of amides is 9. The molecule has 0 unspecified atom stereocenters. The van der Waals surface area contributed by atoms with Gasteiger partial charge in [-0.2, -0.15) is 11.8 Å². The normalized spacial score (nSPS) is 17.2. The van der Waals surface area contributed by atoms with Crippen LogP contribution in [0.5, 0.6) is 0 Å². The Hall–Kier alpha value is -7.66. The van der Waals surface area contributed by atoms with Crippen molar-refractivity contribution in [2.24, 2.45) is 23.5 Å². The molecule has 0 aliphatic carbocycles. The molecule has 2 fully saturated rings. The highest BCUT2D eigenvalue weighted by Crippen LogP contribution is 2.39. The van der Waals surface area contributed by atoms with E-state index >= 15 is 8.78 Å². The standard InChI is InChI=1S/C61H78F2N10O10S/c1-39(2)55(69-51(74)15-9-6-10-28-72-52(75)22-23-53(72)76)59(79)68-49(14-11-27-65-60(64)80)58(78)66-45-19-17-42(18-20-45)38-83-61(81)71-34-44(48(63)36-71)35-73(54(77)26-31-84-4)56(43-24-29-82-30-25-43)57-67-50(46-32-40(3)16-21-47(46)62)37-70(57)33-41-12-7-5-8-13-41/h5,7-8,12-13,16-23,32,37,39,43-44,48-49,55-56H,6,9-11,14-15,24-31,33-36,38H2,1-4H3,(H,66,78)(H,68,79)(H,69,74)(H3,64,65,80)/t44-,48-,49-,55-,56+/m0/s1. The van der Waals surface area contributed by atoms with Crippen LogP contribution in [-0.2, 0) is 51.4 Å². The zero-order valence-electron chi connectivity index (χ0n) is 48.2. The molecular formula is C61H78F2N10O10S. The number of imide groups is 1. The molecule has 7 rings (SSSR count). The summed E-state index contributed by atoms with van der Waals surface area (Å²) in [6.07, 6.45) is 7.33. The van der Waals surface area contributed by atoms with Crippen LogP contribution in [0, 0.1) is 30.5 Å². The number of primary amides is 1. The molecule has 84 heavy (non-hydrogen) atoms. The molecule has 3 aliphatic rings. The van der Waals surface area contributed by atoms with Crippen molar-refractivity contribution in [2.45, 2.75) is 116 Å². The Balaban J connectivity index is 0.982. The molecule has 452 valence electrons. The average molecular weight is 1180 g/mol. The van der Waals surface area contributed by atoms with Crippen molar-refractivity contribution in [1.29, 1.82) is 0 Å². The van der Waals surface area contributed by atoms with Gasteiger partial charge in [-0.05, 0) is 98.9 Å². The number of likely N-dealkylation sites (tertiary alicyclic amines) is 1. The number of anilines is 1. The average Bonchev–Trinajstić information content (AvgIpc) is 1.98. The molecule has 0 bridgehead atoms. The second-order valence-electron chi connectivity index (χ2n) is 21.9. The fourth-order valence-corrected chi connectivity index (χ4v) is 11.0. The van der Waals surface area contributed by atoms with Crippen molar-refractivity contribution < 1.29 is 56.6 Å². The number of rotatable bonds is 29. The van der Waals surface area contributed by atoms with E-state index in [4.69, 9.17) is 20.2 Å². The highest BCUT2D eigenvalue weighted by atomic mass is 32.2. The van der Waals surface area contributed by atoms with Gasteiger partial charge in [-0.1, -0.05) is 74.4 Å². The number of thioether (sulfide) groups is 1. The number of hydrogen-bond acceptors (Lipinski definition) is 12. The highest BCUT2D eigenvalue weighted by molar-refractivity contribution is 7.98. The molecule has 3 aromatic carbocycles. The molecule has 0 radical (unpaired) electrons. The van der Waals surface area contributed by atoms with Gasteiger partial charge in [0.1, 0.15) is 36.5 Å². The molecule has 4 heterocycles. The van der Waals surface area contributed by atoms with Crippen LogP contribution in [0.15, 0.2) is 91.1 Å². The van der Waals surface area contributed by atoms with E-state index in [0.29, 0.717) is 85.9 Å². The summed E-state index contributed by atoms with van der Waals surface area (Å²) >= 11 is 1.53. The zero-order valence-corrected chi connectivity index (χ0v) is 49.0. The molecule has 0 saturated carbocycles. The van der Waals surface area contributed by atoms with E-state index < -0.39 is 60.0 Å². The summed E-state index contributed by atoms with van der Waals surface area (Å²) in [4.78, 5) is 113. The van der Waals surface area contributed by atoms with E-state index in [-0.39, 0.29) is 100 Å². The van der Waals surface area contributed by atoms with Crippen molar-refractivity contribution in [3.8, 4) is 11.3 Å². The molecule has 20 nitrogen and oxygen atoms in total. The van der Waals surface area contributed by atoms with Crippen LogP contribution in [0.2, 0.25) is 0 Å². The summed E-state index contributed by atoms with van der Waals surface area (Å²) in [5.41, 5.74) is 8.73. The summed E-state index contributed by atoms with van der Waals surface area (Å²) in [5, 5.41) is 10.8. The number of urea groups is 1. The molecule has 0 spiro atoms. The third kappa shape index (κ3) is 18.2. The summed E-state index contributed by atoms with van der Waals surface area (Å²) in [6.45, 7) is 6.59. The second kappa shape index (κ2) is 31.3. The van der Waals surface area contributed by atoms with Gasteiger partial charge in [0.05, 0.1) is 18.3 Å². The monoisotopic (exact) mass is 1180 g/mol. The van der Waals surface area contributed by atoms with Crippen LogP contribution in [0.1, 0.15) is 100 Å². The van der Waals surface area contributed by atoms with E-state index in [9.17, 15) is 38.4 Å². The quantitative estimate of drug-likeness (QED) is 0.0267. The minimum Gasteiger partial charge on any atom is -0.445 e. The van der Waals surface area contributed by atoms with Crippen molar-refractivity contribution >= 4 is 65.0 Å². The molecule has 3 aliphatic heterocycles. The van der Waals surface area contributed by atoms with Crippen molar-refractivity contribution in [2.75, 3.05) is 63.3 Å². The summed E-state index contributed by atoms with van der Waals surface area (Å²) in [6, 6.07) is 17.6. The van der Waals surface area contributed by atoms with Crippen molar-refractivity contribution in [1.82, 2.24) is 40.2 Å². The lowest BCUT2D eigenvalue weighted by molar-refractivity contribution is -0.138. The van der Waals surface area contributed by atoms with Crippen LogP contribution >= 0.6 is 11.8 Å². The summed E-state index contributed by atoms with van der Waals surface area (Å²) in [5.74, 6) is -3.08. The third-order valence-electron chi connectivity index (χ3n) is 15.2. The lowest BCUT2D eigenvalue weighted by Gasteiger charge is -2.40. The van der Waals surface area contributed by atoms with Crippen molar-refractivity contribution in [3.05, 3.63) is 119 Å². The van der Waals surface area contributed by atoms with E-state index in [0.717, 1.165) is 16.0 Å². The minimum atomic E-state index is -1.50. The Kier molecular flexibility index (Phi) is 23.8. The number of aromatic nitrogens is 2. The van der Waals surface area contributed by atoms with Gasteiger partial charge in [-0.25, -0.2) is 23.4 Å². The van der Waals surface area contributed by atoms with Gasteiger partial charge in [0.25, 0.3) is 11.8 Å². The van der Waals surface area contributed by atoms with E-state index in [1.165, 1.54) is 34.9 Å². The number of alkyl halides is 1. The summed E-state index contributed by atoms with van der Waals surface area (Å²) in [7, 11) is 0. The van der Waals surface area contributed by atoms with Gasteiger partial charge in [0.2, 0.25) is 23.6 Å². The number of hydrogen-bond donors (Lipinski definition) is 5. The number of ether oxygens (including phenoxy) is 2. The van der Waals surface area contributed by atoms with E-state index in [2.05, 4.69) is 21.3 Å². The fourth-order valence-electron chi connectivity index (χ4n) is 10.6. The Morgan fingerprint density at radius 2 is 1.61 bits per heavy atom. The van der Waals surface area contributed by atoms with E-state index in [1.807, 2.05) is 54.3 Å². The Morgan fingerprint density at radius 3 is 2.30 bits per heavy atom. The Labute approximate surface area is 493 Å². The maximum absolute atomic E-state index is 16.5. The number of benzene rings is 3. The lowest BCUT2D eigenvalue weighted by Crippen LogP contribution is -2.54. The van der Waals surface area contributed by atoms with Gasteiger partial charge < -0.3 is 50.8 Å². The van der Waals surface area contributed by atoms with Crippen LogP contribution in [-0.4, -0.2) is 148 Å². The first-order chi connectivity index (χ1) is 40.4. The number of carbonyl (C=O) groups excluding carboxylic acids is 8. The molecule has 9 amide bonds. The predicted molar refractivity (Wildman–Crippen MR) is 314 cm³/mol. The van der Waals surface area contributed by atoms with Crippen LogP contribution in [0.4, 0.5) is 24.1 Å². The first-order valence-electron chi connectivity index (χ1n) is 28.7. The number of carbonyl (C=O) groups is 8. The van der Waals surface area contributed by atoms with Gasteiger partial charge in [0.15, 0.2) is 0 Å². The Bertz CT molecular complexity index is 2940. The lowest BCUT2D eigenvalue weighted by atomic mass is 9.88. The number of nitrogens with zero attached hydrogens (tertiary/aromatic N) is 5. The third-order valence-corrected chi connectivity index (χ3v) is 15.9. The smallest absolute Gasteiger partial charge is 0.410 e. The largest absolute Gasteiger partial charge is 0.445 e. The SMILES string of the molecule is CSCCC(=O)N(C[C@@H]1CN(C(=O)OCc2ccc(NC(=O)[C@H](CCCNC(N)=O)NC(=O)[C@@H](NC(=O)CCCCCN3C(=O)C=CC3=O)C(C)C)cc2)C[C@@H]1F)[C@@H](c1nc(-c2cc(C)ccc2F)cn1Cc1ccccc1)C1CCOCC1. The second-order valence-corrected chi connectivity index (χ2v) is 22.9. The van der Waals surface area contributed by atoms with Crippen molar-refractivity contribution in [3.63, 3.8) is 0 Å². The molecule has 5 atom stereocenters. The predicted octanol–water partition coefficient (Wildman–Crippen LogP) is 7.20. The number of halogens is 2. The van der Waals surface area contributed by atoms with Crippen LogP contribution in [0.25, 0.3) is 11.3 Å². The maximum atomic E-state index is 16.5. The molecule has 1 aromatic heterocycles. The maximum Gasteiger partial charge on any atom is 0.410 e. The molecule has 23 heteroatoms. The number of nitrogens with two attached hydrogens (primary N) is 1. The molecular weight excluding hydrogens is 1100 g/mol. The fraction of sp³-hybridized carbons (Fsp3) is 0.492. The first kappa shape index (κ1) is 63.9. The van der Waals surface area contributed by atoms with Gasteiger partial charge in [0, 0.05) is 100 Å². The zero-order chi connectivity index (χ0) is 60.3. The van der Waals surface area contributed by atoms with Gasteiger partial charge >= 0.3 is 12.1 Å². The Morgan fingerprint density at radius 1 is 0.881 bits per heavy atom. The van der Waals surface area contributed by atoms with Crippen LogP contribution < -0.4 is 27.0 Å². The first-order valence-corrected chi connectivity index (χ1v) is 30.1.